The van der Waals surface area contributed by atoms with Crippen LogP contribution in [0.2, 0.25) is 0 Å². The first-order chi connectivity index (χ1) is 12.3. The van der Waals surface area contributed by atoms with E-state index in [0.29, 0.717) is 36.2 Å². The molecular weight excluding hydrogens is 314 g/mol. The van der Waals surface area contributed by atoms with E-state index in [1.54, 1.807) is 0 Å². The monoisotopic (exact) mass is 337 g/mol. The molecule has 1 saturated heterocycles. The highest BCUT2D eigenvalue weighted by Gasteiger charge is 2.27. The topological polar surface area (TPSA) is 38.8 Å². The Morgan fingerprint density at radius 3 is 2.68 bits per heavy atom. The van der Waals surface area contributed by atoms with E-state index in [1.165, 1.54) is 5.56 Å². The van der Waals surface area contributed by atoms with Gasteiger partial charge in [0.05, 0.1) is 5.56 Å². The average Bonchev–Trinajstić information content (AvgIpc) is 2.94. The van der Waals surface area contributed by atoms with E-state index in [-0.39, 0.29) is 5.91 Å². The van der Waals surface area contributed by atoms with Crippen LogP contribution < -0.4 is 9.47 Å². The summed E-state index contributed by atoms with van der Waals surface area (Å²) in [6, 6.07) is 16.1. The fourth-order valence-electron chi connectivity index (χ4n) is 3.74. The first-order valence-electron chi connectivity index (χ1n) is 9.06. The van der Waals surface area contributed by atoms with Gasteiger partial charge < -0.3 is 14.4 Å². The molecule has 0 N–H and O–H groups in total. The minimum atomic E-state index is 0.0465. The van der Waals surface area contributed by atoms with Gasteiger partial charge in [-0.25, -0.2) is 0 Å². The molecule has 2 heterocycles. The van der Waals surface area contributed by atoms with Gasteiger partial charge in [0.15, 0.2) is 11.5 Å². The molecule has 25 heavy (non-hydrogen) atoms. The van der Waals surface area contributed by atoms with Gasteiger partial charge in [-0.15, -0.1) is 0 Å². The van der Waals surface area contributed by atoms with Crippen LogP contribution in [0.4, 0.5) is 0 Å². The number of carbonyl (C=O) groups excluding carboxylic acids is 1. The maximum Gasteiger partial charge on any atom is 0.257 e. The van der Waals surface area contributed by atoms with E-state index in [9.17, 15) is 4.79 Å². The van der Waals surface area contributed by atoms with Gasteiger partial charge in [-0.1, -0.05) is 42.8 Å². The van der Waals surface area contributed by atoms with Crippen LogP contribution in [-0.2, 0) is 0 Å². The summed E-state index contributed by atoms with van der Waals surface area (Å²) in [5, 5.41) is 0. The number of rotatable bonds is 2. The fraction of sp³-hybridized carbons (Fsp3) is 0.381. The summed E-state index contributed by atoms with van der Waals surface area (Å²) in [6.45, 7) is 2.58. The molecule has 0 spiro atoms. The number of likely N-dealkylation sites (tertiary alicyclic amines) is 1. The van der Waals surface area contributed by atoms with Crippen LogP contribution in [-0.4, -0.2) is 37.1 Å². The molecule has 0 saturated carbocycles. The average molecular weight is 337 g/mol. The maximum atomic E-state index is 13.2. The zero-order chi connectivity index (χ0) is 17.1. The first kappa shape index (κ1) is 16.0. The van der Waals surface area contributed by atoms with Crippen molar-refractivity contribution in [1.29, 1.82) is 0 Å². The summed E-state index contributed by atoms with van der Waals surface area (Å²) in [5.41, 5.74) is 1.93. The minimum absolute atomic E-state index is 0.0465. The molecule has 1 atom stereocenters. The molecule has 1 fully saturated rings. The molecule has 0 radical (unpaired) electrons. The van der Waals surface area contributed by atoms with E-state index in [4.69, 9.17) is 9.47 Å². The van der Waals surface area contributed by atoms with Gasteiger partial charge in [0.25, 0.3) is 5.91 Å². The number of fused-ring (bicyclic) bond motifs is 1. The SMILES string of the molecule is O=C(c1cccc2c1OCCO2)N1CCCC[C@H](c2ccccc2)C1. The Labute approximate surface area is 148 Å². The van der Waals surface area contributed by atoms with Crippen molar-refractivity contribution in [3.05, 3.63) is 59.7 Å². The molecule has 4 rings (SSSR count). The highest BCUT2D eigenvalue weighted by Crippen LogP contribution is 2.35. The zero-order valence-electron chi connectivity index (χ0n) is 14.3. The molecule has 2 aliphatic heterocycles. The molecule has 0 aliphatic carbocycles. The number of hydrogen-bond donors (Lipinski definition) is 0. The minimum Gasteiger partial charge on any atom is -0.486 e. The Balaban J connectivity index is 1.59. The summed E-state index contributed by atoms with van der Waals surface area (Å²) in [5.74, 6) is 1.71. The Hall–Kier alpha value is -2.49. The van der Waals surface area contributed by atoms with Crippen LogP contribution in [0.15, 0.2) is 48.5 Å². The second kappa shape index (κ2) is 7.18. The Bertz CT molecular complexity index is 744. The number of benzene rings is 2. The number of para-hydroxylation sites is 1. The van der Waals surface area contributed by atoms with Gasteiger partial charge in [-0.05, 0) is 30.5 Å². The number of carbonyl (C=O) groups is 1. The largest absolute Gasteiger partial charge is 0.486 e. The van der Waals surface area contributed by atoms with Gasteiger partial charge in [0, 0.05) is 19.0 Å². The van der Waals surface area contributed by atoms with E-state index >= 15 is 0 Å². The van der Waals surface area contributed by atoms with Crippen molar-refractivity contribution in [3.63, 3.8) is 0 Å². The second-order valence-corrected chi connectivity index (χ2v) is 6.68. The van der Waals surface area contributed by atoms with Crippen LogP contribution in [0, 0.1) is 0 Å². The molecule has 4 heteroatoms. The molecule has 2 aliphatic rings. The van der Waals surface area contributed by atoms with Crippen molar-refractivity contribution in [2.45, 2.75) is 25.2 Å². The van der Waals surface area contributed by atoms with Crippen LogP contribution in [0.1, 0.15) is 41.1 Å². The van der Waals surface area contributed by atoms with Crippen molar-refractivity contribution >= 4 is 5.91 Å². The molecular formula is C21H23NO3. The van der Waals surface area contributed by atoms with E-state index < -0.39 is 0 Å². The van der Waals surface area contributed by atoms with Gasteiger partial charge in [-0.3, -0.25) is 4.79 Å². The maximum absolute atomic E-state index is 13.2. The van der Waals surface area contributed by atoms with Gasteiger partial charge >= 0.3 is 0 Å². The lowest BCUT2D eigenvalue weighted by atomic mass is 9.94. The zero-order valence-corrected chi connectivity index (χ0v) is 14.3. The van der Waals surface area contributed by atoms with Gasteiger partial charge in [0.2, 0.25) is 0 Å². The van der Waals surface area contributed by atoms with Crippen LogP contribution in [0.5, 0.6) is 11.5 Å². The number of ether oxygens (including phenoxy) is 2. The van der Waals surface area contributed by atoms with Crippen LogP contribution in [0.25, 0.3) is 0 Å². The Kier molecular flexibility index (Phi) is 4.59. The van der Waals surface area contributed by atoms with E-state index in [1.807, 2.05) is 29.2 Å². The first-order valence-corrected chi connectivity index (χ1v) is 9.06. The molecule has 130 valence electrons. The number of nitrogens with zero attached hydrogens (tertiary/aromatic N) is 1. The lowest BCUT2D eigenvalue weighted by molar-refractivity contribution is 0.0744. The molecule has 0 aromatic heterocycles. The molecule has 1 amide bonds. The molecule has 0 unspecified atom stereocenters. The van der Waals surface area contributed by atoms with Crippen LogP contribution >= 0.6 is 0 Å². The van der Waals surface area contributed by atoms with Crippen molar-refractivity contribution in [1.82, 2.24) is 4.90 Å². The molecule has 2 aromatic carbocycles. The lowest BCUT2D eigenvalue weighted by Gasteiger charge is -2.27. The highest BCUT2D eigenvalue weighted by molar-refractivity contribution is 5.98. The lowest BCUT2D eigenvalue weighted by Crippen LogP contribution is -2.34. The normalized spacial score (nSPS) is 20.0. The summed E-state index contributed by atoms with van der Waals surface area (Å²) in [7, 11) is 0. The van der Waals surface area contributed by atoms with Gasteiger partial charge in [0.1, 0.15) is 13.2 Å². The number of hydrogen-bond acceptors (Lipinski definition) is 3. The smallest absolute Gasteiger partial charge is 0.257 e. The Morgan fingerprint density at radius 2 is 1.80 bits per heavy atom. The van der Waals surface area contributed by atoms with Crippen LogP contribution in [0.3, 0.4) is 0 Å². The summed E-state index contributed by atoms with van der Waals surface area (Å²) in [4.78, 5) is 15.2. The summed E-state index contributed by atoms with van der Waals surface area (Å²) < 4.78 is 11.4. The fourth-order valence-corrected chi connectivity index (χ4v) is 3.74. The molecule has 2 aromatic rings. The van der Waals surface area contributed by atoms with E-state index in [2.05, 4.69) is 24.3 Å². The standard InChI is InChI=1S/C21H23NO3/c23-21(18-10-6-11-19-20(18)25-14-13-24-19)22-12-5-4-9-17(15-22)16-7-2-1-3-8-16/h1-3,6-8,10-11,17H,4-5,9,12-15H2/t17-/m0/s1. The Morgan fingerprint density at radius 1 is 0.960 bits per heavy atom. The third-order valence-corrected chi connectivity index (χ3v) is 5.03. The third-order valence-electron chi connectivity index (χ3n) is 5.03. The van der Waals surface area contributed by atoms with Gasteiger partial charge in [-0.2, -0.15) is 0 Å². The predicted molar refractivity (Wildman–Crippen MR) is 96.4 cm³/mol. The highest BCUT2D eigenvalue weighted by atomic mass is 16.6. The van der Waals surface area contributed by atoms with Crippen molar-refractivity contribution in [2.24, 2.45) is 0 Å². The third kappa shape index (κ3) is 3.34. The molecule has 0 bridgehead atoms. The quantitative estimate of drug-likeness (QED) is 0.835. The molecule has 4 nitrogen and oxygen atoms in total. The summed E-state index contributed by atoms with van der Waals surface area (Å²) in [6.07, 6.45) is 3.32. The predicted octanol–water partition coefficient (Wildman–Crippen LogP) is 3.87. The second-order valence-electron chi connectivity index (χ2n) is 6.68. The van der Waals surface area contributed by atoms with Crippen molar-refractivity contribution < 1.29 is 14.3 Å². The van der Waals surface area contributed by atoms with E-state index in [0.717, 1.165) is 32.4 Å². The van der Waals surface area contributed by atoms with Crippen molar-refractivity contribution in [3.8, 4) is 11.5 Å². The number of amides is 1. The summed E-state index contributed by atoms with van der Waals surface area (Å²) >= 11 is 0. The van der Waals surface area contributed by atoms with Crippen molar-refractivity contribution in [2.75, 3.05) is 26.3 Å².